The van der Waals surface area contributed by atoms with E-state index < -0.39 is 0 Å². The number of fused-ring (bicyclic) bond motifs is 1. The van der Waals surface area contributed by atoms with Gasteiger partial charge < -0.3 is 14.0 Å². The molecule has 0 N–H and O–H groups in total. The highest BCUT2D eigenvalue weighted by Gasteiger charge is 2.12. The van der Waals surface area contributed by atoms with Crippen molar-refractivity contribution in [3.63, 3.8) is 0 Å². The lowest BCUT2D eigenvalue weighted by Gasteiger charge is -2.08. The molecule has 0 fully saturated rings. The Balaban J connectivity index is 1.48. The molecule has 34 heavy (non-hydrogen) atoms. The summed E-state index contributed by atoms with van der Waals surface area (Å²) in [6.45, 7) is 1.33. The Morgan fingerprint density at radius 1 is 0.941 bits per heavy atom. The number of unbranched alkanes of at least 4 members (excludes halogenated alkanes) is 2. The van der Waals surface area contributed by atoms with Gasteiger partial charge in [-0.3, -0.25) is 4.79 Å². The first-order valence-corrected chi connectivity index (χ1v) is 11.7. The van der Waals surface area contributed by atoms with Crippen molar-refractivity contribution in [3.05, 3.63) is 90.5 Å². The van der Waals surface area contributed by atoms with Crippen LogP contribution in [0.3, 0.4) is 0 Å². The van der Waals surface area contributed by atoms with Gasteiger partial charge in [-0.1, -0.05) is 72.8 Å². The number of imidazole rings is 1. The standard InChI is InChI=1S/C29H30N2O3/c1-33-28(32)17-9-4-10-21-34-25-18-19-27-26(22-25)30-29(24-15-7-3-8-16-24)31(27)20-11-14-23-12-5-2-6-13-23/h2-3,5-8,11-16,18-19,22H,4,9-10,17,20-21H2,1H3. The molecule has 0 radical (unpaired) electrons. The van der Waals surface area contributed by atoms with Crippen LogP contribution in [-0.4, -0.2) is 29.2 Å². The van der Waals surface area contributed by atoms with Crippen LogP contribution in [-0.2, 0) is 16.1 Å². The third kappa shape index (κ3) is 6.13. The molecule has 5 heteroatoms. The largest absolute Gasteiger partial charge is 0.494 e. The Kier molecular flexibility index (Phi) is 8.12. The minimum Gasteiger partial charge on any atom is -0.494 e. The number of ether oxygens (including phenoxy) is 2. The first-order chi connectivity index (χ1) is 16.7. The van der Waals surface area contributed by atoms with Crippen LogP contribution in [0.25, 0.3) is 28.5 Å². The van der Waals surface area contributed by atoms with Crippen LogP contribution in [0.4, 0.5) is 0 Å². The van der Waals surface area contributed by atoms with Gasteiger partial charge in [0.1, 0.15) is 11.6 Å². The fourth-order valence-corrected chi connectivity index (χ4v) is 3.89. The third-order valence-corrected chi connectivity index (χ3v) is 5.67. The van der Waals surface area contributed by atoms with E-state index in [0.29, 0.717) is 13.0 Å². The van der Waals surface area contributed by atoms with Gasteiger partial charge in [0.2, 0.25) is 0 Å². The number of esters is 1. The Morgan fingerprint density at radius 3 is 2.47 bits per heavy atom. The molecule has 0 aliphatic carbocycles. The molecule has 0 unspecified atom stereocenters. The topological polar surface area (TPSA) is 53.4 Å². The molecule has 0 spiro atoms. The maximum absolute atomic E-state index is 11.2. The smallest absolute Gasteiger partial charge is 0.305 e. The summed E-state index contributed by atoms with van der Waals surface area (Å²) in [6, 6.07) is 26.7. The van der Waals surface area contributed by atoms with Crippen molar-refractivity contribution >= 4 is 23.1 Å². The fourth-order valence-electron chi connectivity index (χ4n) is 3.89. The third-order valence-electron chi connectivity index (χ3n) is 5.67. The van der Waals surface area contributed by atoms with Crippen LogP contribution in [0.1, 0.15) is 31.2 Å². The molecule has 0 aliphatic rings. The minimum absolute atomic E-state index is 0.158. The number of hydrogen-bond donors (Lipinski definition) is 0. The lowest BCUT2D eigenvalue weighted by atomic mass is 10.2. The van der Waals surface area contributed by atoms with E-state index in [9.17, 15) is 4.79 Å². The number of allylic oxidation sites excluding steroid dienone is 1. The summed E-state index contributed by atoms with van der Waals surface area (Å²) in [5.74, 6) is 1.59. The molecule has 0 bridgehead atoms. The normalized spacial score (nSPS) is 11.2. The highest BCUT2D eigenvalue weighted by Crippen LogP contribution is 2.28. The summed E-state index contributed by atoms with van der Waals surface area (Å²) in [4.78, 5) is 16.1. The van der Waals surface area contributed by atoms with Gasteiger partial charge in [0.15, 0.2) is 0 Å². The summed E-state index contributed by atoms with van der Waals surface area (Å²) in [7, 11) is 1.42. The number of carbonyl (C=O) groups excluding carboxylic acids is 1. The van der Waals surface area contributed by atoms with Gasteiger partial charge in [-0.2, -0.15) is 0 Å². The van der Waals surface area contributed by atoms with Crippen LogP contribution in [0, 0.1) is 0 Å². The quantitative estimate of drug-likeness (QED) is 0.191. The zero-order valence-corrected chi connectivity index (χ0v) is 19.5. The molecule has 0 atom stereocenters. The van der Waals surface area contributed by atoms with E-state index in [1.807, 2.05) is 48.5 Å². The average Bonchev–Trinajstić information content (AvgIpc) is 3.25. The molecule has 3 aromatic carbocycles. The first kappa shape index (κ1) is 23.3. The lowest BCUT2D eigenvalue weighted by Crippen LogP contribution is -2.01. The zero-order chi connectivity index (χ0) is 23.6. The number of aromatic nitrogens is 2. The number of carbonyl (C=O) groups is 1. The Morgan fingerprint density at radius 2 is 1.71 bits per heavy atom. The Bertz CT molecular complexity index is 1230. The molecule has 0 amide bonds. The molecule has 4 rings (SSSR count). The van der Waals surface area contributed by atoms with Gasteiger partial charge in [0.25, 0.3) is 0 Å². The van der Waals surface area contributed by atoms with Crippen molar-refractivity contribution in [1.82, 2.24) is 9.55 Å². The second-order valence-electron chi connectivity index (χ2n) is 8.11. The molecule has 0 aliphatic heterocycles. The second-order valence-corrected chi connectivity index (χ2v) is 8.11. The predicted octanol–water partition coefficient (Wildman–Crippen LogP) is 6.53. The molecule has 174 valence electrons. The van der Waals surface area contributed by atoms with Gasteiger partial charge >= 0.3 is 5.97 Å². The number of rotatable bonds is 11. The van der Waals surface area contributed by atoms with Crippen molar-refractivity contribution in [2.45, 2.75) is 32.2 Å². The number of hydrogen-bond acceptors (Lipinski definition) is 4. The van der Waals surface area contributed by atoms with E-state index >= 15 is 0 Å². The van der Waals surface area contributed by atoms with Crippen molar-refractivity contribution in [3.8, 4) is 17.1 Å². The van der Waals surface area contributed by atoms with Crippen LogP contribution in [0.5, 0.6) is 5.75 Å². The van der Waals surface area contributed by atoms with Crippen LogP contribution < -0.4 is 4.74 Å². The van der Waals surface area contributed by atoms with Gasteiger partial charge in [0.05, 0.1) is 24.8 Å². The number of benzene rings is 3. The van der Waals surface area contributed by atoms with Crippen molar-refractivity contribution in [1.29, 1.82) is 0 Å². The Hall–Kier alpha value is -3.86. The van der Waals surface area contributed by atoms with Crippen LogP contribution >= 0.6 is 0 Å². The van der Waals surface area contributed by atoms with E-state index in [1.54, 1.807) is 0 Å². The van der Waals surface area contributed by atoms with Crippen molar-refractivity contribution in [2.24, 2.45) is 0 Å². The Labute approximate surface area is 200 Å². The highest BCUT2D eigenvalue weighted by atomic mass is 16.5. The molecular weight excluding hydrogens is 424 g/mol. The summed E-state index contributed by atoms with van der Waals surface area (Å²) in [6.07, 6.45) is 7.40. The molecule has 5 nitrogen and oxygen atoms in total. The van der Waals surface area contributed by atoms with Crippen molar-refractivity contribution in [2.75, 3.05) is 13.7 Å². The van der Waals surface area contributed by atoms with Crippen molar-refractivity contribution < 1.29 is 14.3 Å². The van der Waals surface area contributed by atoms with Gasteiger partial charge in [-0.15, -0.1) is 0 Å². The van der Waals surface area contributed by atoms with E-state index in [2.05, 4.69) is 51.8 Å². The van der Waals surface area contributed by atoms with Gasteiger partial charge in [0, 0.05) is 24.6 Å². The zero-order valence-electron chi connectivity index (χ0n) is 19.5. The van der Waals surface area contributed by atoms with E-state index in [-0.39, 0.29) is 5.97 Å². The first-order valence-electron chi connectivity index (χ1n) is 11.7. The summed E-state index contributed by atoms with van der Waals surface area (Å²) in [5.41, 5.74) is 4.24. The molecule has 1 heterocycles. The van der Waals surface area contributed by atoms with E-state index in [1.165, 1.54) is 12.7 Å². The molecule has 1 aromatic heterocycles. The molecule has 0 saturated heterocycles. The van der Waals surface area contributed by atoms with Crippen LogP contribution in [0.2, 0.25) is 0 Å². The predicted molar refractivity (Wildman–Crippen MR) is 137 cm³/mol. The maximum atomic E-state index is 11.2. The van der Waals surface area contributed by atoms with Crippen LogP contribution in [0.15, 0.2) is 84.9 Å². The lowest BCUT2D eigenvalue weighted by molar-refractivity contribution is -0.140. The average molecular weight is 455 g/mol. The van der Waals surface area contributed by atoms with Gasteiger partial charge in [-0.25, -0.2) is 4.98 Å². The maximum Gasteiger partial charge on any atom is 0.305 e. The monoisotopic (exact) mass is 454 g/mol. The van der Waals surface area contributed by atoms with Gasteiger partial charge in [-0.05, 0) is 37.0 Å². The SMILES string of the molecule is COC(=O)CCCCCOc1ccc2c(c1)nc(-c1ccccc1)n2CC=Cc1ccccc1. The van der Waals surface area contributed by atoms with E-state index in [0.717, 1.165) is 54.0 Å². The molecule has 0 saturated carbocycles. The minimum atomic E-state index is -0.158. The summed E-state index contributed by atoms with van der Waals surface area (Å²) < 4.78 is 12.9. The second kappa shape index (κ2) is 11.8. The molecule has 4 aromatic rings. The van der Waals surface area contributed by atoms with E-state index in [4.69, 9.17) is 9.72 Å². The summed E-state index contributed by atoms with van der Waals surface area (Å²) in [5, 5.41) is 0. The number of methoxy groups -OCH3 is 1. The molecular formula is C29H30N2O3. The summed E-state index contributed by atoms with van der Waals surface area (Å²) >= 11 is 0. The fraction of sp³-hybridized carbons (Fsp3) is 0.241. The highest BCUT2D eigenvalue weighted by molar-refractivity contribution is 5.82. The number of nitrogens with zero attached hydrogens (tertiary/aromatic N) is 2.